The molecule has 0 bridgehead atoms. The van der Waals surface area contributed by atoms with E-state index >= 15 is 0 Å². The average Bonchev–Trinajstić information content (AvgIpc) is 3.23. The molecule has 128 valence electrons. The molecule has 0 aliphatic carbocycles. The first-order valence-electron chi connectivity index (χ1n) is 6.93. The van der Waals surface area contributed by atoms with E-state index in [0.29, 0.717) is 11.4 Å². The van der Waals surface area contributed by atoms with Gasteiger partial charge in [0.05, 0.1) is 23.0 Å². The van der Waals surface area contributed by atoms with Crippen molar-refractivity contribution in [2.45, 2.75) is 6.73 Å². The van der Waals surface area contributed by atoms with Gasteiger partial charge < -0.3 is 10.1 Å². The first-order valence-corrected chi connectivity index (χ1v) is 7.72. The van der Waals surface area contributed by atoms with Crippen LogP contribution in [0.15, 0.2) is 47.3 Å². The third kappa shape index (κ3) is 4.01. The fraction of sp³-hybridized carbons (Fsp3) is 0.0714. The molecule has 2 N–H and O–H groups in total. The van der Waals surface area contributed by atoms with E-state index in [2.05, 4.69) is 36.5 Å². The number of hydrogen-bond donors (Lipinski definition) is 2. The third-order valence-electron chi connectivity index (χ3n) is 3.11. The Hall–Kier alpha value is -3.21. The summed E-state index contributed by atoms with van der Waals surface area (Å²) in [6, 6.07) is 7.30. The van der Waals surface area contributed by atoms with E-state index in [9.17, 15) is 14.9 Å². The molecular weight excluding hydrogens is 396 g/mol. The number of H-pyrrole nitrogens is 1. The highest BCUT2D eigenvalue weighted by molar-refractivity contribution is 9.10. The van der Waals surface area contributed by atoms with Crippen LogP contribution in [0.5, 0.6) is 5.75 Å². The lowest BCUT2D eigenvalue weighted by Crippen LogP contribution is -2.13. The van der Waals surface area contributed by atoms with Gasteiger partial charge in [0.15, 0.2) is 6.73 Å². The number of benzene rings is 1. The van der Waals surface area contributed by atoms with Crippen molar-refractivity contribution in [3.63, 3.8) is 0 Å². The Morgan fingerprint density at radius 2 is 2.12 bits per heavy atom. The van der Waals surface area contributed by atoms with E-state index in [1.165, 1.54) is 10.9 Å². The molecule has 2 heterocycles. The highest BCUT2D eigenvalue weighted by atomic mass is 79.9. The summed E-state index contributed by atoms with van der Waals surface area (Å²) in [6.45, 7) is 0.141. The Balaban J connectivity index is 1.61. The van der Waals surface area contributed by atoms with E-state index in [4.69, 9.17) is 4.74 Å². The van der Waals surface area contributed by atoms with Crippen LogP contribution in [-0.4, -0.2) is 30.8 Å². The van der Waals surface area contributed by atoms with Gasteiger partial charge in [0.2, 0.25) is 5.69 Å². The first kappa shape index (κ1) is 16.6. The number of halogens is 1. The molecule has 0 saturated heterocycles. The number of carbonyl (C=O) groups is 1. The minimum absolute atomic E-state index is 0.141. The molecule has 0 atom stereocenters. The molecule has 11 heteroatoms. The van der Waals surface area contributed by atoms with Gasteiger partial charge in [-0.05, 0) is 24.3 Å². The van der Waals surface area contributed by atoms with Crippen molar-refractivity contribution < 1.29 is 14.5 Å². The van der Waals surface area contributed by atoms with Gasteiger partial charge in [-0.3, -0.25) is 20.0 Å². The molecule has 0 spiro atoms. The van der Waals surface area contributed by atoms with Gasteiger partial charge in [0.1, 0.15) is 11.9 Å². The molecule has 0 aliphatic rings. The lowest BCUT2D eigenvalue weighted by atomic mass is 10.3. The van der Waals surface area contributed by atoms with Gasteiger partial charge in [-0.1, -0.05) is 15.9 Å². The summed E-state index contributed by atoms with van der Waals surface area (Å²) < 4.78 is 7.96. The Labute approximate surface area is 149 Å². The number of rotatable bonds is 6. The minimum atomic E-state index is -0.687. The number of nitro groups is 1. The summed E-state index contributed by atoms with van der Waals surface area (Å²) in [6.07, 6.45) is 3.92. The molecule has 10 nitrogen and oxygen atoms in total. The molecule has 25 heavy (non-hydrogen) atoms. The van der Waals surface area contributed by atoms with Gasteiger partial charge in [-0.2, -0.15) is 10.2 Å². The molecule has 1 aromatic carbocycles. The van der Waals surface area contributed by atoms with Gasteiger partial charge in [0, 0.05) is 4.47 Å². The van der Waals surface area contributed by atoms with E-state index < -0.39 is 16.5 Å². The maximum atomic E-state index is 12.1. The van der Waals surface area contributed by atoms with E-state index in [1.807, 2.05) is 12.1 Å². The molecule has 3 aromatic rings. The number of nitrogens with one attached hydrogen (secondary N) is 2. The molecule has 1 amide bonds. The highest BCUT2D eigenvalue weighted by Crippen LogP contribution is 2.18. The van der Waals surface area contributed by atoms with E-state index in [-0.39, 0.29) is 12.4 Å². The number of ether oxygens (including phenoxy) is 1. The van der Waals surface area contributed by atoms with Crippen molar-refractivity contribution >= 4 is 33.2 Å². The molecule has 3 rings (SSSR count). The lowest BCUT2D eigenvalue weighted by Gasteiger charge is -2.05. The molecular formula is C14H11BrN6O4. The number of hydrogen-bond acceptors (Lipinski definition) is 6. The molecule has 0 fully saturated rings. The number of nitrogens with zero attached hydrogens (tertiary/aromatic N) is 4. The predicted molar refractivity (Wildman–Crippen MR) is 90.2 cm³/mol. The van der Waals surface area contributed by atoms with Crippen molar-refractivity contribution in [2.75, 3.05) is 5.32 Å². The lowest BCUT2D eigenvalue weighted by molar-refractivity contribution is -0.385. The van der Waals surface area contributed by atoms with Crippen LogP contribution < -0.4 is 10.1 Å². The van der Waals surface area contributed by atoms with Gasteiger partial charge >= 0.3 is 5.69 Å². The summed E-state index contributed by atoms with van der Waals surface area (Å²) in [7, 11) is 0. The van der Waals surface area contributed by atoms with Gasteiger partial charge in [-0.15, -0.1) is 0 Å². The quantitative estimate of drug-likeness (QED) is 0.478. The van der Waals surface area contributed by atoms with Crippen LogP contribution in [0.1, 0.15) is 10.5 Å². The second-order valence-electron chi connectivity index (χ2n) is 4.84. The highest BCUT2D eigenvalue weighted by Gasteiger charge is 2.23. The van der Waals surface area contributed by atoms with Crippen LogP contribution in [0.25, 0.3) is 0 Å². The fourth-order valence-electron chi connectivity index (χ4n) is 1.95. The standard InChI is InChI=1S/C14H11BrN6O4/c15-9-1-3-11(4-2-9)25-8-20-7-10(5-17-20)18-14(22)13-12(21(23)24)6-16-19-13/h1-7H,8H2,(H,16,19)(H,18,22). The van der Waals surface area contributed by atoms with Crippen molar-refractivity contribution in [1.82, 2.24) is 20.0 Å². The Kier molecular flexibility index (Phi) is 4.75. The fourth-order valence-corrected chi connectivity index (χ4v) is 2.21. The zero-order valence-corrected chi connectivity index (χ0v) is 14.1. The summed E-state index contributed by atoms with van der Waals surface area (Å²) in [5, 5.41) is 23.2. The van der Waals surface area contributed by atoms with Crippen LogP contribution in [0.4, 0.5) is 11.4 Å². The molecule has 2 aromatic heterocycles. The smallest absolute Gasteiger partial charge is 0.319 e. The van der Waals surface area contributed by atoms with Crippen molar-refractivity contribution in [3.05, 3.63) is 63.1 Å². The summed E-state index contributed by atoms with van der Waals surface area (Å²) in [5.74, 6) is -0.0186. The third-order valence-corrected chi connectivity index (χ3v) is 3.64. The number of amides is 1. The average molecular weight is 407 g/mol. The second kappa shape index (κ2) is 7.13. The zero-order chi connectivity index (χ0) is 17.8. The van der Waals surface area contributed by atoms with E-state index in [0.717, 1.165) is 10.7 Å². The monoisotopic (exact) mass is 406 g/mol. The zero-order valence-electron chi connectivity index (χ0n) is 12.5. The van der Waals surface area contributed by atoms with Crippen molar-refractivity contribution in [1.29, 1.82) is 0 Å². The summed E-state index contributed by atoms with van der Waals surface area (Å²) in [4.78, 5) is 22.2. The summed E-state index contributed by atoms with van der Waals surface area (Å²) >= 11 is 3.34. The number of carbonyl (C=O) groups excluding carboxylic acids is 1. The van der Waals surface area contributed by atoms with Crippen LogP contribution in [0, 0.1) is 10.1 Å². The number of aromatic nitrogens is 4. The van der Waals surface area contributed by atoms with Gasteiger partial charge in [-0.25, -0.2) is 4.68 Å². The predicted octanol–water partition coefficient (Wildman–Crippen LogP) is 2.57. The first-order chi connectivity index (χ1) is 12.0. The topological polar surface area (TPSA) is 128 Å². The Morgan fingerprint density at radius 1 is 1.36 bits per heavy atom. The maximum Gasteiger partial charge on any atom is 0.319 e. The summed E-state index contributed by atoms with van der Waals surface area (Å²) in [5.41, 5.74) is -0.263. The Morgan fingerprint density at radius 3 is 2.84 bits per heavy atom. The van der Waals surface area contributed by atoms with E-state index in [1.54, 1.807) is 18.3 Å². The van der Waals surface area contributed by atoms with Crippen LogP contribution in [0.3, 0.4) is 0 Å². The normalized spacial score (nSPS) is 10.4. The number of aromatic amines is 1. The number of anilines is 1. The molecule has 0 unspecified atom stereocenters. The molecule has 0 saturated carbocycles. The molecule has 0 radical (unpaired) electrons. The second-order valence-corrected chi connectivity index (χ2v) is 5.75. The van der Waals surface area contributed by atoms with Crippen LogP contribution >= 0.6 is 15.9 Å². The SMILES string of the molecule is O=C(Nc1cnn(COc2ccc(Br)cc2)c1)c1[nH]ncc1[N+](=O)[O-]. The van der Waals surface area contributed by atoms with Crippen LogP contribution in [-0.2, 0) is 6.73 Å². The van der Waals surface area contributed by atoms with Crippen LogP contribution in [0.2, 0.25) is 0 Å². The maximum absolute atomic E-state index is 12.1. The van der Waals surface area contributed by atoms with Gasteiger partial charge in [0.25, 0.3) is 5.91 Å². The largest absolute Gasteiger partial charge is 0.471 e. The molecule has 0 aliphatic heterocycles. The van der Waals surface area contributed by atoms with Crippen molar-refractivity contribution in [2.24, 2.45) is 0 Å². The Bertz CT molecular complexity index is 904. The minimum Gasteiger partial charge on any atom is -0.471 e. The van der Waals surface area contributed by atoms with Crippen molar-refractivity contribution in [3.8, 4) is 5.75 Å².